The first kappa shape index (κ1) is 28.9. The first-order valence-electron chi connectivity index (χ1n) is 13.7. The first-order valence-corrected chi connectivity index (χ1v) is 15.3. The molecule has 2 heterocycles. The van der Waals surface area contributed by atoms with E-state index < -0.39 is 12.0 Å². The van der Waals surface area contributed by atoms with Crippen LogP contribution in [0, 0.1) is 0 Å². The number of fused-ring (bicyclic) bond motifs is 2. The molecule has 9 heteroatoms. The molecule has 0 fully saturated rings. The first-order chi connectivity index (χ1) is 20.9. The van der Waals surface area contributed by atoms with Crippen molar-refractivity contribution < 1.29 is 14.3 Å². The average Bonchev–Trinajstić information content (AvgIpc) is 3.31. The van der Waals surface area contributed by atoms with Crippen LogP contribution in [-0.4, -0.2) is 17.1 Å². The Kier molecular flexibility index (Phi) is 8.21. The highest BCUT2D eigenvalue weighted by atomic mass is 35.5. The molecule has 6 rings (SSSR count). The highest BCUT2D eigenvalue weighted by Gasteiger charge is 2.34. The van der Waals surface area contributed by atoms with Crippen molar-refractivity contribution in [3.63, 3.8) is 0 Å². The van der Waals surface area contributed by atoms with Crippen LogP contribution in [-0.2, 0) is 16.1 Å². The topological polar surface area (TPSA) is 69.9 Å². The zero-order valence-corrected chi connectivity index (χ0v) is 25.7. The highest BCUT2D eigenvalue weighted by Crippen LogP contribution is 2.35. The summed E-state index contributed by atoms with van der Waals surface area (Å²) in [5.74, 6) is 0.0976. The van der Waals surface area contributed by atoms with Gasteiger partial charge in [0.1, 0.15) is 18.4 Å². The van der Waals surface area contributed by atoms with Crippen molar-refractivity contribution in [2.24, 2.45) is 4.99 Å². The van der Waals surface area contributed by atoms with E-state index in [0.29, 0.717) is 43.0 Å². The van der Waals surface area contributed by atoms with E-state index in [1.807, 2.05) is 84.9 Å². The fourth-order valence-electron chi connectivity index (χ4n) is 5.21. The Morgan fingerprint density at radius 1 is 1.00 bits per heavy atom. The van der Waals surface area contributed by atoms with Gasteiger partial charge in [-0.1, -0.05) is 95.2 Å². The Balaban J connectivity index is 1.53. The number of rotatable bonds is 7. The smallest absolute Gasteiger partial charge is 0.338 e. The Morgan fingerprint density at radius 3 is 2.51 bits per heavy atom. The molecule has 0 aliphatic carbocycles. The van der Waals surface area contributed by atoms with Crippen LogP contribution in [0.2, 0.25) is 10.0 Å². The van der Waals surface area contributed by atoms with E-state index in [0.717, 1.165) is 21.9 Å². The number of aromatic nitrogens is 1. The van der Waals surface area contributed by atoms with Gasteiger partial charge in [0.05, 0.1) is 22.4 Å². The summed E-state index contributed by atoms with van der Waals surface area (Å²) < 4.78 is 13.7. The molecule has 6 nitrogen and oxygen atoms in total. The van der Waals surface area contributed by atoms with Crippen LogP contribution < -0.4 is 19.6 Å². The van der Waals surface area contributed by atoms with E-state index in [4.69, 9.17) is 32.7 Å². The van der Waals surface area contributed by atoms with E-state index in [-0.39, 0.29) is 17.7 Å². The Hall–Kier alpha value is -4.17. The second-order valence-electron chi connectivity index (χ2n) is 9.94. The number of carbonyl (C=O) groups is 1. The van der Waals surface area contributed by atoms with Crippen LogP contribution in [0.3, 0.4) is 0 Å². The van der Waals surface area contributed by atoms with Crippen LogP contribution in [0.1, 0.15) is 36.6 Å². The number of halogens is 2. The molecule has 0 spiro atoms. The van der Waals surface area contributed by atoms with Gasteiger partial charge in [0.25, 0.3) is 5.56 Å². The van der Waals surface area contributed by atoms with Gasteiger partial charge < -0.3 is 9.47 Å². The van der Waals surface area contributed by atoms with Crippen LogP contribution in [0.25, 0.3) is 16.8 Å². The minimum absolute atomic E-state index is 0.190. The number of allylic oxidation sites excluding steroid dienone is 1. The summed E-state index contributed by atoms with van der Waals surface area (Å²) in [6, 6.07) is 25.7. The summed E-state index contributed by atoms with van der Waals surface area (Å²) in [6.07, 6.45) is 1.84. The van der Waals surface area contributed by atoms with Crippen molar-refractivity contribution in [1.29, 1.82) is 0 Å². The van der Waals surface area contributed by atoms with Gasteiger partial charge in [-0.25, -0.2) is 9.79 Å². The number of benzene rings is 4. The molecule has 0 amide bonds. The summed E-state index contributed by atoms with van der Waals surface area (Å²) in [5.41, 5.74) is 2.82. The Morgan fingerprint density at radius 2 is 1.74 bits per heavy atom. The predicted molar refractivity (Wildman–Crippen MR) is 172 cm³/mol. The molecule has 1 aliphatic heterocycles. The van der Waals surface area contributed by atoms with Crippen LogP contribution >= 0.6 is 34.5 Å². The molecule has 5 aromatic rings. The predicted octanol–water partition coefficient (Wildman–Crippen LogP) is 6.84. The van der Waals surface area contributed by atoms with Crippen molar-refractivity contribution in [3.05, 3.63) is 143 Å². The summed E-state index contributed by atoms with van der Waals surface area (Å²) >= 11 is 13.9. The zero-order valence-electron chi connectivity index (χ0n) is 23.3. The van der Waals surface area contributed by atoms with Gasteiger partial charge in [0, 0.05) is 15.6 Å². The third kappa shape index (κ3) is 5.64. The maximum absolute atomic E-state index is 14.2. The van der Waals surface area contributed by atoms with E-state index in [9.17, 15) is 9.59 Å². The molecule has 0 unspecified atom stereocenters. The van der Waals surface area contributed by atoms with Gasteiger partial charge in [-0.2, -0.15) is 0 Å². The lowest BCUT2D eigenvalue weighted by atomic mass is 9.96. The van der Waals surface area contributed by atoms with E-state index >= 15 is 0 Å². The lowest BCUT2D eigenvalue weighted by Gasteiger charge is -2.25. The van der Waals surface area contributed by atoms with Crippen LogP contribution in [0.5, 0.6) is 5.75 Å². The van der Waals surface area contributed by atoms with Crippen LogP contribution in [0.4, 0.5) is 0 Å². The highest BCUT2D eigenvalue weighted by molar-refractivity contribution is 7.07. The monoisotopic (exact) mass is 628 g/mol. The zero-order chi connectivity index (χ0) is 30.1. The van der Waals surface area contributed by atoms with Gasteiger partial charge in [-0.15, -0.1) is 0 Å². The van der Waals surface area contributed by atoms with Crippen LogP contribution in [0.15, 0.2) is 106 Å². The average molecular weight is 630 g/mol. The quantitative estimate of drug-likeness (QED) is 0.185. The fourth-order valence-corrected chi connectivity index (χ4v) is 6.60. The molecule has 216 valence electrons. The second kappa shape index (κ2) is 12.2. The third-order valence-corrected chi connectivity index (χ3v) is 8.81. The lowest BCUT2D eigenvalue weighted by Crippen LogP contribution is -2.40. The standard InChI is InChI=1S/C34H26Cl2N2O4S/c1-3-41-33(40)30-20(2)37-34-38(31(30)25-10-6-7-11-27(25)36)32(39)29(43-34)18-26-24-9-5-4-8-22(24)14-17-28(26)42-19-21-12-15-23(35)16-13-21/h4-18,31H,3,19H2,1-2H3/b29-18-/t31-/m1/s1. The second-order valence-corrected chi connectivity index (χ2v) is 11.8. The SMILES string of the molecule is CCOC(=O)C1=C(C)N=c2s/c(=C\c3c(OCc4ccc(Cl)cc4)ccc4ccccc34)c(=O)n2[C@@H]1c1ccccc1Cl. The molecule has 0 bridgehead atoms. The van der Waals surface area contributed by atoms with Crippen molar-refractivity contribution in [2.75, 3.05) is 6.61 Å². The number of thiazole rings is 1. The normalized spacial score (nSPS) is 14.9. The molecule has 4 aromatic carbocycles. The minimum atomic E-state index is -0.792. The maximum atomic E-state index is 14.2. The van der Waals surface area contributed by atoms with Gasteiger partial charge in [0.15, 0.2) is 4.80 Å². The maximum Gasteiger partial charge on any atom is 0.338 e. The third-order valence-electron chi connectivity index (χ3n) is 7.23. The number of carbonyl (C=O) groups excluding carboxylic acids is 1. The van der Waals surface area contributed by atoms with Gasteiger partial charge in [-0.05, 0) is 66.1 Å². The number of hydrogen-bond donors (Lipinski definition) is 0. The molecular formula is C34H26Cl2N2O4S. The summed E-state index contributed by atoms with van der Waals surface area (Å²) in [6.45, 7) is 4.01. The Bertz CT molecular complexity index is 2080. The van der Waals surface area contributed by atoms with E-state index in [1.165, 1.54) is 15.9 Å². The minimum Gasteiger partial charge on any atom is -0.488 e. The van der Waals surface area contributed by atoms with Gasteiger partial charge in [0.2, 0.25) is 0 Å². The number of hydrogen-bond acceptors (Lipinski definition) is 6. The van der Waals surface area contributed by atoms with Gasteiger partial charge >= 0.3 is 5.97 Å². The van der Waals surface area contributed by atoms with E-state index in [1.54, 1.807) is 19.9 Å². The number of ether oxygens (including phenoxy) is 2. The number of esters is 1. The molecule has 0 radical (unpaired) electrons. The lowest BCUT2D eigenvalue weighted by molar-refractivity contribution is -0.139. The molecule has 43 heavy (non-hydrogen) atoms. The summed E-state index contributed by atoms with van der Waals surface area (Å²) in [5, 5.41) is 3.04. The number of nitrogens with zero attached hydrogens (tertiary/aromatic N) is 2. The molecule has 0 saturated carbocycles. The van der Waals surface area contributed by atoms with E-state index in [2.05, 4.69) is 4.99 Å². The molecular weight excluding hydrogens is 603 g/mol. The fraction of sp³-hybridized carbons (Fsp3) is 0.147. The molecule has 0 saturated heterocycles. The van der Waals surface area contributed by atoms with Crippen molar-refractivity contribution in [1.82, 2.24) is 4.57 Å². The van der Waals surface area contributed by atoms with Crippen molar-refractivity contribution in [2.45, 2.75) is 26.5 Å². The molecule has 0 N–H and O–H groups in total. The largest absolute Gasteiger partial charge is 0.488 e. The van der Waals surface area contributed by atoms with Crippen molar-refractivity contribution in [3.8, 4) is 5.75 Å². The van der Waals surface area contributed by atoms with Gasteiger partial charge in [-0.3, -0.25) is 9.36 Å². The van der Waals surface area contributed by atoms with Crippen molar-refractivity contribution >= 4 is 57.4 Å². The molecule has 1 aromatic heterocycles. The summed E-state index contributed by atoms with van der Waals surface area (Å²) in [4.78, 5) is 32.6. The summed E-state index contributed by atoms with van der Waals surface area (Å²) in [7, 11) is 0. The molecule has 1 atom stereocenters. The molecule has 1 aliphatic rings. The Labute approximate surface area is 261 Å².